The van der Waals surface area contributed by atoms with Crippen molar-refractivity contribution in [2.75, 3.05) is 6.61 Å². The molecule has 1 atom stereocenters. The van der Waals surface area contributed by atoms with Crippen molar-refractivity contribution >= 4 is 0 Å². The lowest BCUT2D eigenvalue weighted by molar-refractivity contribution is 0.192. The summed E-state index contributed by atoms with van der Waals surface area (Å²) in [6.45, 7) is 1.02. The van der Waals surface area contributed by atoms with Crippen LogP contribution in [0.2, 0.25) is 0 Å². The standard InChI is InChI=1S/C14H16N2O2/c17-9-10-4-5-12-7-15-14(16(12)8-10)11-2-1-3-13(18)6-11/h1-3,6-7,10,17-18H,4-5,8-9H2. The Kier molecular flexibility index (Phi) is 2.80. The van der Waals surface area contributed by atoms with Crippen molar-refractivity contribution < 1.29 is 10.2 Å². The van der Waals surface area contributed by atoms with E-state index in [0.29, 0.717) is 5.92 Å². The largest absolute Gasteiger partial charge is 0.508 e. The first-order chi connectivity index (χ1) is 8.78. The van der Waals surface area contributed by atoms with Gasteiger partial charge in [-0.25, -0.2) is 4.98 Å². The van der Waals surface area contributed by atoms with Crippen molar-refractivity contribution in [3.63, 3.8) is 0 Å². The quantitative estimate of drug-likeness (QED) is 0.847. The van der Waals surface area contributed by atoms with Crippen LogP contribution in [0.5, 0.6) is 5.75 Å². The smallest absolute Gasteiger partial charge is 0.140 e. The normalized spacial score (nSPS) is 18.6. The highest BCUT2D eigenvalue weighted by molar-refractivity contribution is 5.58. The molecule has 2 heterocycles. The van der Waals surface area contributed by atoms with Gasteiger partial charge >= 0.3 is 0 Å². The monoisotopic (exact) mass is 244 g/mol. The van der Waals surface area contributed by atoms with Crippen LogP contribution < -0.4 is 0 Å². The van der Waals surface area contributed by atoms with Crippen LogP contribution in [0.1, 0.15) is 12.1 Å². The van der Waals surface area contributed by atoms with Gasteiger partial charge in [-0.05, 0) is 25.0 Å². The number of aryl methyl sites for hydroxylation is 1. The molecule has 0 aliphatic carbocycles. The molecule has 0 radical (unpaired) electrons. The van der Waals surface area contributed by atoms with Gasteiger partial charge in [0.1, 0.15) is 11.6 Å². The number of nitrogens with zero attached hydrogens (tertiary/aromatic N) is 2. The summed E-state index contributed by atoms with van der Waals surface area (Å²) in [5.41, 5.74) is 2.12. The van der Waals surface area contributed by atoms with Crippen molar-refractivity contribution in [1.29, 1.82) is 0 Å². The molecule has 0 bridgehead atoms. The fourth-order valence-electron chi connectivity index (χ4n) is 2.54. The van der Waals surface area contributed by atoms with Gasteiger partial charge in [-0.1, -0.05) is 12.1 Å². The average molecular weight is 244 g/mol. The second kappa shape index (κ2) is 4.46. The fourth-order valence-corrected chi connectivity index (χ4v) is 2.54. The number of benzene rings is 1. The number of phenols is 1. The maximum Gasteiger partial charge on any atom is 0.140 e. The lowest BCUT2D eigenvalue weighted by Gasteiger charge is -2.23. The fraction of sp³-hybridized carbons (Fsp3) is 0.357. The third kappa shape index (κ3) is 1.88. The average Bonchev–Trinajstić information content (AvgIpc) is 2.81. The lowest BCUT2D eigenvalue weighted by atomic mass is 9.99. The SMILES string of the molecule is OCC1CCc2cnc(-c3cccc(O)c3)n2C1. The first kappa shape index (κ1) is 11.3. The predicted molar refractivity (Wildman–Crippen MR) is 68.2 cm³/mol. The minimum Gasteiger partial charge on any atom is -0.508 e. The Bertz CT molecular complexity index is 563. The van der Waals surface area contributed by atoms with Crippen molar-refractivity contribution in [2.24, 2.45) is 5.92 Å². The van der Waals surface area contributed by atoms with Crippen LogP contribution in [0.15, 0.2) is 30.5 Å². The van der Waals surface area contributed by atoms with E-state index in [1.807, 2.05) is 18.3 Å². The molecule has 1 unspecified atom stereocenters. The van der Waals surface area contributed by atoms with E-state index < -0.39 is 0 Å². The van der Waals surface area contributed by atoms with Crippen LogP contribution in [0.3, 0.4) is 0 Å². The number of aromatic nitrogens is 2. The highest BCUT2D eigenvalue weighted by Crippen LogP contribution is 2.28. The number of aliphatic hydroxyl groups is 1. The zero-order valence-corrected chi connectivity index (χ0v) is 10.1. The number of rotatable bonds is 2. The minimum atomic E-state index is 0.219. The highest BCUT2D eigenvalue weighted by atomic mass is 16.3. The van der Waals surface area contributed by atoms with Gasteiger partial charge in [0.25, 0.3) is 0 Å². The lowest BCUT2D eigenvalue weighted by Crippen LogP contribution is -2.22. The van der Waals surface area contributed by atoms with Crippen LogP contribution in [0.25, 0.3) is 11.4 Å². The summed E-state index contributed by atoms with van der Waals surface area (Å²) in [7, 11) is 0. The zero-order chi connectivity index (χ0) is 12.5. The number of hydrogen-bond donors (Lipinski definition) is 2. The third-order valence-electron chi connectivity index (χ3n) is 3.55. The van der Waals surface area contributed by atoms with Gasteiger partial charge in [0.05, 0.1) is 0 Å². The summed E-state index contributed by atoms with van der Waals surface area (Å²) in [6.07, 6.45) is 3.87. The number of imidazole rings is 1. The summed E-state index contributed by atoms with van der Waals surface area (Å²) in [4.78, 5) is 4.45. The Labute approximate surface area is 106 Å². The Morgan fingerprint density at radius 3 is 3.06 bits per heavy atom. The molecule has 4 heteroatoms. The first-order valence-electron chi connectivity index (χ1n) is 6.22. The number of fused-ring (bicyclic) bond motifs is 1. The van der Waals surface area contributed by atoms with Crippen LogP contribution in [0, 0.1) is 5.92 Å². The summed E-state index contributed by atoms with van der Waals surface area (Å²) in [5, 5.41) is 18.8. The van der Waals surface area contributed by atoms with E-state index in [2.05, 4.69) is 9.55 Å². The molecule has 0 fully saturated rings. The van der Waals surface area contributed by atoms with Crippen LogP contribution in [-0.2, 0) is 13.0 Å². The Morgan fingerprint density at radius 1 is 1.39 bits per heavy atom. The van der Waals surface area contributed by atoms with E-state index in [-0.39, 0.29) is 12.4 Å². The number of aliphatic hydroxyl groups excluding tert-OH is 1. The Hall–Kier alpha value is -1.81. The number of aromatic hydroxyl groups is 1. The Balaban J connectivity index is 2.02. The van der Waals surface area contributed by atoms with E-state index in [1.165, 1.54) is 5.69 Å². The molecule has 18 heavy (non-hydrogen) atoms. The van der Waals surface area contributed by atoms with Crippen molar-refractivity contribution in [1.82, 2.24) is 9.55 Å². The molecule has 2 aromatic rings. The molecule has 0 amide bonds. The maximum absolute atomic E-state index is 9.54. The molecule has 1 aliphatic rings. The molecule has 1 aromatic heterocycles. The van der Waals surface area contributed by atoms with E-state index in [4.69, 9.17) is 0 Å². The molecule has 0 saturated heterocycles. The highest BCUT2D eigenvalue weighted by Gasteiger charge is 2.21. The van der Waals surface area contributed by atoms with Crippen molar-refractivity contribution in [3.05, 3.63) is 36.2 Å². The van der Waals surface area contributed by atoms with Crippen molar-refractivity contribution in [2.45, 2.75) is 19.4 Å². The van der Waals surface area contributed by atoms with Crippen LogP contribution in [0.4, 0.5) is 0 Å². The van der Waals surface area contributed by atoms with Gasteiger partial charge in [0.2, 0.25) is 0 Å². The van der Waals surface area contributed by atoms with Gasteiger partial charge in [-0.2, -0.15) is 0 Å². The Morgan fingerprint density at radius 2 is 2.28 bits per heavy atom. The number of hydrogen-bond acceptors (Lipinski definition) is 3. The number of phenolic OH excluding ortho intramolecular Hbond substituents is 1. The molecule has 3 rings (SSSR count). The summed E-state index contributed by atoms with van der Waals surface area (Å²) in [5.74, 6) is 1.43. The second-order valence-electron chi connectivity index (χ2n) is 4.82. The second-order valence-corrected chi connectivity index (χ2v) is 4.82. The van der Waals surface area contributed by atoms with E-state index in [0.717, 1.165) is 30.8 Å². The van der Waals surface area contributed by atoms with Gasteiger partial charge in [-0.15, -0.1) is 0 Å². The summed E-state index contributed by atoms with van der Waals surface area (Å²) in [6, 6.07) is 7.13. The molecule has 1 aromatic carbocycles. The van der Waals surface area contributed by atoms with Gasteiger partial charge in [-0.3, -0.25) is 0 Å². The van der Waals surface area contributed by atoms with Crippen molar-refractivity contribution in [3.8, 4) is 17.1 Å². The van der Waals surface area contributed by atoms with Crippen LogP contribution in [-0.4, -0.2) is 26.4 Å². The van der Waals surface area contributed by atoms with Gasteiger partial charge in [0.15, 0.2) is 0 Å². The molecule has 0 saturated carbocycles. The van der Waals surface area contributed by atoms with Gasteiger partial charge in [0, 0.05) is 36.5 Å². The molecular weight excluding hydrogens is 228 g/mol. The first-order valence-corrected chi connectivity index (χ1v) is 6.22. The van der Waals surface area contributed by atoms with E-state index >= 15 is 0 Å². The minimum absolute atomic E-state index is 0.219. The summed E-state index contributed by atoms with van der Waals surface area (Å²) >= 11 is 0. The topological polar surface area (TPSA) is 58.3 Å². The zero-order valence-electron chi connectivity index (χ0n) is 10.1. The van der Waals surface area contributed by atoms with Gasteiger partial charge < -0.3 is 14.8 Å². The molecule has 2 N–H and O–H groups in total. The molecule has 4 nitrogen and oxygen atoms in total. The maximum atomic E-state index is 9.54. The molecular formula is C14H16N2O2. The third-order valence-corrected chi connectivity index (χ3v) is 3.55. The van der Waals surface area contributed by atoms with Crippen LogP contribution >= 0.6 is 0 Å². The van der Waals surface area contributed by atoms with E-state index in [1.54, 1.807) is 12.1 Å². The molecule has 94 valence electrons. The summed E-state index contributed by atoms with van der Waals surface area (Å²) < 4.78 is 2.15. The molecule has 1 aliphatic heterocycles. The molecule has 0 spiro atoms. The predicted octanol–water partition coefficient (Wildman–Crippen LogP) is 1.81. The van der Waals surface area contributed by atoms with E-state index in [9.17, 15) is 10.2 Å².